The van der Waals surface area contributed by atoms with Crippen molar-refractivity contribution in [1.29, 1.82) is 0 Å². The Morgan fingerprint density at radius 3 is 2.54 bits per heavy atom. The van der Waals surface area contributed by atoms with E-state index in [1.165, 1.54) is 5.56 Å². The normalized spacial score (nSPS) is 11.0. The topological polar surface area (TPSA) is 50.4 Å². The number of hydrogen-bond donors (Lipinski definition) is 1. The molecule has 5 nitrogen and oxygen atoms in total. The van der Waals surface area contributed by atoms with Gasteiger partial charge < -0.3 is 14.4 Å². The second-order valence-electron chi connectivity index (χ2n) is 7.19. The van der Waals surface area contributed by atoms with Crippen LogP contribution in [0.5, 0.6) is 11.5 Å². The molecule has 0 amide bonds. The highest BCUT2D eigenvalue weighted by molar-refractivity contribution is 5.71. The van der Waals surface area contributed by atoms with Crippen LogP contribution in [0.1, 0.15) is 17.0 Å². The van der Waals surface area contributed by atoms with Crippen LogP contribution in [0, 0.1) is 13.8 Å². The van der Waals surface area contributed by atoms with Crippen molar-refractivity contribution in [2.75, 3.05) is 33.9 Å². The van der Waals surface area contributed by atoms with E-state index in [1.807, 2.05) is 58.3 Å². The Kier molecular flexibility index (Phi) is 6.71. The molecule has 1 aromatic heterocycles. The molecule has 5 heteroatoms. The summed E-state index contributed by atoms with van der Waals surface area (Å²) in [5.41, 5.74) is 5.54. The highest BCUT2D eigenvalue weighted by atomic mass is 16.5. The molecule has 0 saturated carbocycles. The Labute approximate surface area is 167 Å². The average Bonchev–Trinajstić information content (AvgIpc) is 3.00. The molecule has 1 heterocycles. The molecule has 0 aliphatic carbocycles. The smallest absolute Gasteiger partial charge is 0.127 e. The van der Waals surface area contributed by atoms with Gasteiger partial charge in [0.2, 0.25) is 0 Å². The predicted octanol–water partition coefficient (Wildman–Crippen LogP) is 4.26. The fraction of sp³-hybridized carbons (Fsp3) is 0.348. The molecule has 0 aliphatic heterocycles. The second-order valence-corrected chi connectivity index (χ2v) is 7.19. The molecule has 28 heavy (non-hydrogen) atoms. The van der Waals surface area contributed by atoms with Gasteiger partial charge in [0.1, 0.15) is 18.1 Å². The van der Waals surface area contributed by atoms with E-state index in [-0.39, 0.29) is 0 Å². The first-order valence-electron chi connectivity index (χ1n) is 9.65. The Balaban J connectivity index is 1.69. The van der Waals surface area contributed by atoms with Gasteiger partial charge in [-0.2, -0.15) is 5.10 Å². The van der Waals surface area contributed by atoms with Crippen molar-refractivity contribution in [3.63, 3.8) is 0 Å². The maximum Gasteiger partial charge on any atom is 0.127 e. The lowest BCUT2D eigenvalue weighted by Crippen LogP contribution is -2.19. The Hall–Kier alpha value is -2.79. The number of rotatable bonds is 9. The molecule has 0 fully saturated rings. The van der Waals surface area contributed by atoms with Gasteiger partial charge in [0, 0.05) is 24.2 Å². The maximum atomic E-state index is 6.14. The molecule has 0 spiro atoms. The molecule has 0 saturated heterocycles. The molecule has 3 rings (SSSR count). The van der Waals surface area contributed by atoms with Crippen molar-refractivity contribution in [1.82, 2.24) is 15.1 Å². The Morgan fingerprint density at radius 2 is 1.79 bits per heavy atom. The van der Waals surface area contributed by atoms with Crippen LogP contribution >= 0.6 is 0 Å². The third-order valence-corrected chi connectivity index (χ3v) is 4.73. The van der Waals surface area contributed by atoms with Crippen molar-refractivity contribution in [2.45, 2.75) is 20.3 Å². The van der Waals surface area contributed by atoms with E-state index in [9.17, 15) is 0 Å². The molecule has 2 aromatic carbocycles. The number of ether oxygens (including phenoxy) is 2. The zero-order chi connectivity index (χ0) is 19.9. The molecular weight excluding hydrogens is 350 g/mol. The molecule has 1 N–H and O–H groups in total. The number of aromatic nitrogens is 2. The first-order chi connectivity index (χ1) is 13.5. The predicted molar refractivity (Wildman–Crippen MR) is 113 cm³/mol. The average molecular weight is 380 g/mol. The highest BCUT2D eigenvalue weighted by Crippen LogP contribution is 2.32. The van der Waals surface area contributed by atoms with Gasteiger partial charge in [0.05, 0.1) is 12.3 Å². The van der Waals surface area contributed by atoms with Crippen LogP contribution in [-0.4, -0.2) is 49.0 Å². The van der Waals surface area contributed by atoms with E-state index >= 15 is 0 Å². The van der Waals surface area contributed by atoms with Crippen LogP contribution in [-0.2, 0) is 6.42 Å². The van der Waals surface area contributed by atoms with Crippen molar-refractivity contribution in [2.24, 2.45) is 0 Å². The van der Waals surface area contributed by atoms with E-state index in [0.29, 0.717) is 13.2 Å². The van der Waals surface area contributed by atoms with E-state index in [2.05, 4.69) is 33.3 Å². The third-order valence-electron chi connectivity index (χ3n) is 4.73. The molecule has 148 valence electrons. The summed E-state index contributed by atoms with van der Waals surface area (Å²) >= 11 is 0. The standard InChI is InChI=1S/C23H29N3O2/c1-17-21(18(2)25-24-17)12-14-28-23-11-6-5-10-22(23)19-8-7-9-20(16-19)27-15-13-26(3)4/h5-11,16H,12-15H2,1-4H3,(H,24,25). The number of H-pyrrole nitrogens is 1. The lowest BCUT2D eigenvalue weighted by molar-refractivity contribution is 0.261. The first kappa shape index (κ1) is 20.0. The number of likely N-dealkylation sites (N-methyl/N-ethyl adjacent to an activating group) is 1. The minimum atomic E-state index is 0.608. The minimum absolute atomic E-state index is 0.608. The summed E-state index contributed by atoms with van der Waals surface area (Å²) in [6.07, 6.45) is 0.830. The van der Waals surface area contributed by atoms with E-state index in [0.717, 1.165) is 47.0 Å². The van der Waals surface area contributed by atoms with Gasteiger partial charge in [-0.1, -0.05) is 30.3 Å². The summed E-state index contributed by atoms with van der Waals surface area (Å²) in [5, 5.41) is 7.28. The number of para-hydroxylation sites is 1. The number of benzene rings is 2. The molecule has 0 atom stereocenters. The number of aromatic amines is 1. The first-order valence-corrected chi connectivity index (χ1v) is 9.65. The zero-order valence-electron chi connectivity index (χ0n) is 17.2. The largest absolute Gasteiger partial charge is 0.493 e. The van der Waals surface area contributed by atoms with E-state index in [4.69, 9.17) is 9.47 Å². The summed E-state index contributed by atoms with van der Waals surface area (Å²) in [6, 6.07) is 16.3. The molecule has 0 bridgehead atoms. The van der Waals surface area contributed by atoms with E-state index in [1.54, 1.807) is 0 Å². The molecule has 0 aliphatic rings. The summed E-state index contributed by atoms with van der Waals surface area (Å²) in [6.45, 7) is 6.23. The highest BCUT2D eigenvalue weighted by Gasteiger charge is 2.10. The Bertz CT molecular complexity index is 883. The quantitative estimate of drug-likeness (QED) is 0.604. The summed E-state index contributed by atoms with van der Waals surface area (Å²) < 4.78 is 12.0. The Morgan fingerprint density at radius 1 is 0.964 bits per heavy atom. The van der Waals surface area contributed by atoms with Crippen LogP contribution in [0.4, 0.5) is 0 Å². The second kappa shape index (κ2) is 9.42. The zero-order valence-corrected chi connectivity index (χ0v) is 17.2. The van der Waals surface area contributed by atoms with Crippen molar-refractivity contribution in [3.8, 4) is 22.6 Å². The summed E-state index contributed by atoms with van der Waals surface area (Å²) in [5.74, 6) is 1.76. The molecule has 3 aromatic rings. The lowest BCUT2D eigenvalue weighted by Gasteiger charge is -2.14. The maximum absolute atomic E-state index is 6.14. The molecule has 0 unspecified atom stereocenters. The van der Waals surface area contributed by atoms with E-state index < -0.39 is 0 Å². The third kappa shape index (κ3) is 5.14. The van der Waals surface area contributed by atoms with Crippen LogP contribution in [0.3, 0.4) is 0 Å². The molecular formula is C23H29N3O2. The van der Waals surface area contributed by atoms with Crippen LogP contribution in [0.15, 0.2) is 48.5 Å². The lowest BCUT2D eigenvalue weighted by atomic mass is 10.0. The van der Waals surface area contributed by atoms with Crippen LogP contribution in [0.25, 0.3) is 11.1 Å². The van der Waals surface area contributed by atoms with Crippen molar-refractivity contribution in [3.05, 3.63) is 65.5 Å². The monoisotopic (exact) mass is 379 g/mol. The van der Waals surface area contributed by atoms with Gasteiger partial charge in [0.25, 0.3) is 0 Å². The van der Waals surface area contributed by atoms with Crippen LogP contribution < -0.4 is 9.47 Å². The number of nitrogens with zero attached hydrogens (tertiary/aromatic N) is 2. The fourth-order valence-electron chi connectivity index (χ4n) is 3.14. The van der Waals surface area contributed by atoms with Gasteiger partial charge >= 0.3 is 0 Å². The van der Waals surface area contributed by atoms with Gasteiger partial charge in [-0.3, -0.25) is 5.10 Å². The van der Waals surface area contributed by atoms with Crippen molar-refractivity contribution < 1.29 is 9.47 Å². The van der Waals surface area contributed by atoms with Crippen molar-refractivity contribution >= 4 is 0 Å². The number of hydrogen-bond acceptors (Lipinski definition) is 4. The van der Waals surface area contributed by atoms with Gasteiger partial charge in [-0.25, -0.2) is 0 Å². The van der Waals surface area contributed by atoms with Gasteiger partial charge in [-0.05, 0) is 57.3 Å². The summed E-state index contributed by atoms with van der Waals surface area (Å²) in [4.78, 5) is 2.11. The number of nitrogens with one attached hydrogen (secondary N) is 1. The number of aryl methyl sites for hydroxylation is 2. The fourth-order valence-corrected chi connectivity index (χ4v) is 3.14. The molecule has 0 radical (unpaired) electrons. The minimum Gasteiger partial charge on any atom is -0.493 e. The van der Waals surface area contributed by atoms with Gasteiger partial charge in [0.15, 0.2) is 0 Å². The summed E-state index contributed by atoms with van der Waals surface area (Å²) in [7, 11) is 4.08. The van der Waals surface area contributed by atoms with Gasteiger partial charge in [-0.15, -0.1) is 0 Å². The van der Waals surface area contributed by atoms with Crippen LogP contribution in [0.2, 0.25) is 0 Å². The SMILES string of the molecule is Cc1n[nH]c(C)c1CCOc1ccccc1-c1cccc(OCCN(C)C)c1.